The van der Waals surface area contributed by atoms with Gasteiger partial charge >= 0.3 is 0 Å². The summed E-state index contributed by atoms with van der Waals surface area (Å²) in [5.74, 6) is 0.500. The number of carbonyl (C=O) groups excluding carboxylic acids is 2. The van der Waals surface area contributed by atoms with Gasteiger partial charge in [0.05, 0.1) is 18.2 Å². The molecule has 2 aromatic carbocycles. The third-order valence-electron chi connectivity index (χ3n) is 7.30. The molecule has 0 aliphatic carbocycles. The Morgan fingerprint density at radius 2 is 1.89 bits per heavy atom. The van der Waals surface area contributed by atoms with E-state index in [9.17, 15) is 9.59 Å². The third kappa shape index (κ3) is 4.30. The van der Waals surface area contributed by atoms with Crippen molar-refractivity contribution in [1.82, 2.24) is 4.90 Å². The summed E-state index contributed by atoms with van der Waals surface area (Å²) in [6.07, 6.45) is 4.45. The Kier molecular flexibility index (Phi) is 7.05. The van der Waals surface area contributed by atoms with Gasteiger partial charge in [-0.1, -0.05) is 0 Å². The second kappa shape index (κ2) is 10.2. The summed E-state index contributed by atoms with van der Waals surface area (Å²) in [4.78, 5) is 30.3. The normalized spacial score (nSPS) is 17.3. The van der Waals surface area contributed by atoms with E-state index in [1.54, 1.807) is 42.2 Å². The van der Waals surface area contributed by atoms with Crippen LogP contribution < -0.4 is 20.7 Å². The average Bonchev–Trinajstić information content (AvgIpc) is 3.24. The summed E-state index contributed by atoms with van der Waals surface area (Å²) < 4.78 is 5.51. The van der Waals surface area contributed by atoms with Crippen molar-refractivity contribution in [3.8, 4) is 5.75 Å². The van der Waals surface area contributed by atoms with Gasteiger partial charge in [-0.2, -0.15) is 5.11 Å². The molecule has 0 saturated carbocycles. The summed E-state index contributed by atoms with van der Waals surface area (Å²) in [7, 11) is 3.29. The lowest BCUT2D eigenvalue weighted by Crippen LogP contribution is -2.46. The Bertz CT molecular complexity index is 1230. The first-order valence-corrected chi connectivity index (χ1v) is 11.8. The summed E-state index contributed by atoms with van der Waals surface area (Å²) >= 11 is 0. The van der Waals surface area contributed by atoms with Crippen LogP contribution in [0.4, 0.5) is 17.1 Å². The van der Waals surface area contributed by atoms with Crippen molar-refractivity contribution < 1.29 is 14.3 Å². The van der Waals surface area contributed by atoms with Crippen LogP contribution in [-0.4, -0.2) is 56.7 Å². The zero-order valence-corrected chi connectivity index (χ0v) is 20.5. The van der Waals surface area contributed by atoms with Crippen molar-refractivity contribution in [1.29, 1.82) is 10.9 Å². The SMILES string of the molecule is CNc1ccc(C(=O)N2CCC3(CC2)CCN(c2ccc(/C(C=N)=C/N)c(OC)c2)C3=O)cc1N=N. The molecule has 1 spiro atoms. The minimum atomic E-state index is -0.488. The van der Waals surface area contributed by atoms with Gasteiger partial charge in [-0.05, 0) is 49.6 Å². The van der Waals surface area contributed by atoms with Crippen LogP contribution in [0.1, 0.15) is 35.2 Å². The van der Waals surface area contributed by atoms with Crippen molar-refractivity contribution >= 4 is 40.7 Å². The number of likely N-dealkylation sites (tertiary alicyclic amines) is 1. The fraction of sp³-hybridized carbons (Fsp3) is 0.346. The first-order chi connectivity index (χ1) is 17.4. The Hall–Kier alpha value is -4.21. The van der Waals surface area contributed by atoms with Crippen LogP contribution in [0.15, 0.2) is 47.7 Å². The molecule has 0 radical (unpaired) electrons. The van der Waals surface area contributed by atoms with E-state index in [1.165, 1.54) is 12.4 Å². The average molecular weight is 490 g/mol. The lowest BCUT2D eigenvalue weighted by Gasteiger charge is -2.38. The summed E-state index contributed by atoms with van der Waals surface area (Å²) in [6, 6.07) is 10.6. The molecule has 188 valence electrons. The maximum absolute atomic E-state index is 13.6. The number of nitrogens with two attached hydrogens (primary N) is 1. The quantitative estimate of drug-likeness (QED) is 0.343. The number of amides is 2. The van der Waals surface area contributed by atoms with Crippen LogP contribution in [0.2, 0.25) is 0 Å². The highest BCUT2D eigenvalue weighted by Gasteiger charge is 2.49. The van der Waals surface area contributed by atoms with Crippen molar-refractivity contribution in [3.05, 3.63) is 53.7 Å². The van der Waals surface area contributed by atoms with Gasteiger partial charge in [0.2, 0.25) is 5.91 Å². The zero-order chi connectivity index (χ0) is 25.9. The van der Waals surface area contributed by atoms with E-state index in [0.29, 0.717) is 66.3 Å². The first-order valence-electron chi connectivity index (χ1n) is 11.8. The number of hydrogen-bond donors (Lipinski definition) is 4. The lowest BCUT2D eigenvalue weighted by atomic mass is 9.77. The molecule has 2 fully saturated rings. The fourth-order valence-corrected chi connectivity index (χ4v) is 5.12. The molecule has 2 amide bonds. The molecule has 0 aromatic heterocycles. The third-order valence-corrected chi connectivity index (χ3v) is 7.30. The molecule has 10 heteroatoms. The van der Waals surface area contributed by atoms with Gasteiger partial charge in [0.15, 0.2) is 0 Å². The summed E-state index contributed by atoms with van der Waals surface area (Å²) in [6.45, 7) is 1.58. The Labute approximate surface area is 210 Å². The first kappa shape index (κ1) is 24.9. The molecule has 36 heavy (non-hydrogen) atoms. The molecule has 4 rings (SSSR count). The van der Waals surface area contributed by atoms with Crippen LogP contribution in [0.3, 0.4) is 0 Å². The number of hydrogen-bond acceptors (Lipinski definition) is 8. The Balaban J connectivity index is 1.47. The van der Waals surface area contributed by atoms with Gasteiger partial charge in [-0.15, -0.1) is 0 Å². The summed E-state index contributed by atoms with van der Waals surface area (Å²) in [5, 5.41) is 14.0. The molecule has 2 saturated heterocycles. The van der Waals surface area contributed by atoms with Gasteiger partial charge in [0.25, 0.3) is 5.91 Å². The van der Waals surface area contributed by atoms with E-state index in [1.807, 2.05) is 18.2 Å². The number of ether oxygens (including phenoxy) is 1. The number of methoxy groups -OCH3 is 1. The Morgan fingerprint density at radius 1 is 1.17 bits per heavy atom. The lowest BCUT2D eigenvalue weighted by molar-refractivity contribution is -0.127. The molecular formula is C26H31N7O3. The van der Waals surface area contributed by atoms with Gasteiger partial charge in [0.1, 0.15) is 11.4 Å². The molecule has 5 N–H and O–H groups in total. The second-order valence-corrected chi connectivity index (χ2v) is 9.02. The van der Waals surface area contributed by atoms with Gasteiger partial charge in [0, 0.05) is 67.6 Å². The van der Waals surface area contributed by atoms with Crippen molar-refractivity contribution in [2.75, 3.05) is 44.0 Å². The smallest absolute Gasteiger partial charge is 0.253 e. The van der Waals surface area contributed by atoms with Crippen LogP contribution in [0, 0.1) is 16.4 Å². The number of carbonyl (C=O) groups is 2. The van der Waals surface area contributed by atoms with Crippen LogP contribution in [0.25, 0.3) is 5.57 Å². The number of nitrogens with zero attached hydrogens (tertiary/aromatic N) is 3. The highest BCUT2D eigenvalue weighted by Crippen LogP contribution is 2.44. The van der Waals surface area contributed by atoms with Gasteiger partial charge < -0.3 is 31.0 Å². The van der Waals surface area contributed by atoms with Crippen LogP contribution in [-0.2, 0) is 4.79 Å². The largest absolute Gasteiger partial charge is 0.496 e. The topological polar surface area (TPSA) is 148 Å². The van der Waals surface area contributed by atoms with E-state index >= 15 is 0 Å². The molecule has 0 unspecified atom stereocenters. The number of allylic oxidation sites excluding steroid dienone is 1. The van der Waals surface area contributed by atoms with Crippen molar-refractivity contribution in [2.45, 2.75) is 19.3 Å². The number of anilines is 2. The number of nitrogens with one attached hydrogen (secondary N) is 3. The van der Waals surface area contributed by atoms with E-state index in [0.717, 1.165) is 12.1 Å². The molecule has 2 heterocycles. The standard InChI is InChI=1S/C26H31N7O3/c1-30-21-6-3-17(13-22(21)31-29)24(34)32-10-7-26(8-11-32)9-12-33(25(26)35)19-4-5-20(18(15-27)16-28)23(14-19)36-2/h3-6,13-16,27,29-30H,7-12,28H2,1-2H3/b18-16+,27-15?,31-29?. The predicted octanol–water partition coefficient (Wildman–Crippen LogP) is 4.01. The highest BCUT2D eigenvalue weighted by molar-refractivity contribution is 6.09. The minimum Gasteiger partial charge on any atom is -0.496 e. The maximum atomic E-state index is 13.6. The molecular weight excluding hydrogens is 458 g/mol. The molecule has 2 aliphatic heterocycles. The van der Waals surface area contributed by atoms with E-state index in [2.05, 4.69) is 10.4 Å². The Morgan fingerprint density at radius 3 is 2.50 bits per heavy atom. The molecule has 0 bridgehead atoms. The van der Waals surface area contributed by atoms with Crippen LogP contribution in [0.5, 0.6) is 5.75 Å². The van der Waals surface area contributed by atoms with E-state index in [4.69, 9.17) is 21.4 Å². The monoisotopic (exact) mass is 489 g/mol. The van der Waals surface area contributed by atoms with Crippen LogP contribution >= 0.6 is 0 Å². The predicted molar refractivity (Wildman–Crippen MR) is 139 cm³/mol. The molecule has 10 nitrogen and oxygen atoms in total. The van der Waals surface area contributed by atoms with Crippen molar-refractivity contribution in [2.24, 2.45) is 16.3 Å². The number of rotatable bonds is 7. The second-order valence-electron chi connectivity index (χ2n) is 9.02. The van der Waals surface area contributed by atoms with E-state index < -0.39 is 5.41 Å². The van der Waals surface area contributed by atoms with E-state index in [-0.39, 0.29) is 11.8 Å². The zero-order valence-electron chi connectivity index (χ0n) is 20.5. The molecule has 0 atom stereocenters. The number of benzene rings is 2. The maximum Gasteiger partial charge on any atom is 0.253 e. The molecule has 2 aromatic rings. The van der Waals surface area contributed by atoms with Crippen molar-refractivity contribution in [3.63, 3.8) is 0 Å². The fourth-order valence-electron chi connectivity index (χ4n) is 5.12. The highest BCUT2D eigenvalue weighted by atomic mass is 16.5. The number of piperidine rings is 1. The van der Waals surface area contributed by atoms with Gasteiger partial charge in [-0.3, -0.25) is 9.59 Å². The summed E-state index contributed by atoms with van der Waals surface area (Å²) in [5.41, 5.74) is 16.1. The van der Waals surface area contributed by atoms with Gasteiger partial charge in [-0.25, -0.2) is 5.53 Å². The minimum absolute atomic E-state index is 0.0692. The molecule has 2 aliphatic rings.